The Hall–Kier alpha value is -1.39. The lowest BCUT2D eigenvalue weighted by atomic mass is 9.81. The van der Waals surface area contributed by atoms with Gasteiger partial charge in [0.2, 0.25) is 5.91 Å². The molecule has 1 aromatic carbocycles. The molecular formula is C21H30N2O2. The SMILES string of the molecule is CC(NC1CCCC2OCCC12)C(=O)N1c2ccccc2CCC1C. The average molecular weight is 342 g/mol. The van der Waals surface area contributed by atoms with Gasteiger partial charge in [0, 0.05) is 30.3 Å². The van der Waals surface area contributed by atoms with E-state index in [0.717, 1.165) is 38.0 Å². The van der Waals surface area contributed by atoms with Gasteiger partial charge in [-0.3, -0.25) is 4.79 Å². The molecule has 1 amide bonds. The maximum absolute atomic E-state index is 13.3. The second-order valence-corrected chi connectivity index (χ2v) is 8.01. The standard InChI is InChI=1S/C21H30N2O2/c1-14-10-11-16-6-3-4-8-19(16)23(14)21(24)15(2)22-18-7-5-9-20-17(18)12-13-25-20/h3-4,6,8,14-15,17-18,20,22H,5,7,9-13H2,1-2H3. The zero-order valence-corrected chi connectivity index (χ0v) is 15.4. The maximum atomic E-state index is 13.3. The second kappa shape index (κ2) is 7.08. The number of hydrogen-bond acceptors (Lipinski definition) is 3. The maximum Gasteiger partial charge on any atom is 0.244 e. The fourth-order valence-electron chi connectivity index (χ4n) is 5.01. The normalized spacial score (nSPS) is 32.8. The van der Waals surface area contributed by atoms with Gasteiger partial charge in [0.05, 0.1) is 12.1 Å². The third-order valence-electron chi connectivity index (χ3n) is 6.38. The quantitative estimate of drug-likeness (QED) is 0.916. The number of carbonyl (C=O) groups is 1. The third kappa shape index (κ3) is 3.22. The van der Waals surface area contributed by atoms with Crippen molar-refractivity contribution in [1.82, 2.24) is 5.32 Å². The highest BCUT2D eigenvalue weighted by molar-refractivity contribution is 5.98. The van der Waals surface area contributed by atoms with Crippen LogP contribution in [0.1, 0.15) is 51.5 Å². The molecule has 5 unspecified atom stereocenters. The van der Waals surface area contributed by atoms with E-state index in [0.29, 0.717) is 18.1 Å². The number of fused-ring (bicyclic) bond motifs is 2. The molecule has 0 spiro atoms. The Morgan fingerprint density at radius 3 is 2.96 bits per heavy atom. The minimum atomic E-state index is -0.155. The topological polar surface area (TPSA) is 41.6 Å². The van der Waals surface area contributed by atoms with Crippen LogP contribution in [0, 0.1) is 5.92 Å². The molecule has 4 rings (SSSR count). The molecular weight excluding hydrogens is 312 g/mol. The lowest BCUT2D eigenvalue weighted by Gasteiger charge is -2.39. The summed E-state index contributed by atoms with van der Waals surface area (Å²) in [5.74, 6) is 0.788. The van der Waals surface area contributed by atoms with Gasteiger partial charge in [-0.15, -0.1) is 0 Å². The first kappa shape index (κ1) is 17.0. The van der Waals surface area contributed by atoms with Gasteiger partial charge in [0.15, 0.2) is 0 Å². The van der Waals surface area contributed by atoms with Gasteiger partial charge in [-0.25, -0.2) is 0 Å². The van der Waals surface area contributed by atoms with E-state index < -0.39 is 0 Å². The van der Waals surface area contributed by atoms with Crippen LogP contribution >= 0.6 is 0 Å². The van der Waals surface area contributed by atoms with E-state index in [2.05, 4.69) is 30.4 Å². The number of aryl methyl sites for hydroxylation is 1. The number of para-hydroxylation sites is 1. The summed E-state index contributed by atoms with van der Waals surface area (Å²) < 4.78 is 5.87. The molecule has 136 valence electrons. The molecule has 2 heterocycles. The number of anilines is 1. The highest BCUT2D eigenvalue weighted by atomic mass is 16.5. The molecule has 0 bridgehead atoms. The fraction of sp³-hybridized carbons (Fsp3) is 0.667. The van der Waals surface area contributed by atoms with Crippen molar-refractivity contribution in [3.8, 4) is 0 Å². The van der Waals surface area contributed by atoms with E-state index in [4.69, 9.17) is 4.74 Å². The molecule has 0 aromatic heterocycles. The number of carbonyl (C=O) groups excluding carboxylic acids is 1. The number of hydrogen-bond donors (Lipinski definition) is 1. The van der Waals surface area contributed by atoms with Crippen molar-refractivity contribution in [1.29, 1.82) is 0 Å². The predicted octanol–water partition coefficient (Wildman–Crippen LogP) is 3.29. The molecule has 3 aliphatic rings. The van der Waals surface area contributed by atoms with Crippen LogP contribution in [-0.2, 0) is 16.0 Å². The van der Waals surface area contributed by atoms with E-state index in [1.165, 1.54) is 18.4 Å². The lowest BCUT2D eigenvalue weighted by Crippen LogP contribution is -2.55. The van der Waals surface area contributed by atoms with Gasteiger partial charge < -0.3 is 15.0 Å². The molecule has 0 radical (unpaired) electrons. The van der Waals surface area contributed by atoms with Crippen LogP contribution in [0.15, 0.2) is 24.3 Å². The van der Waals surface area contributed by atoms with E-state index in [9.17, 15) is 4.79 Å². The van der Waals surface area contributed by atoms with Gasteiger partial charge in [-0.05, 0) is 64.0 Å². The molecule has 2 fully saturated rings. The van der Waals surface area contributed by atoms with Crippen molar-refractivity contribution in [3.63, 3.8) is 0 Å². The zero-order valence-electron chi connectivity index (χ0n) is 15.4. The summed E-state index contributed by atoms with van der Waals surface area (Å²) in [7, 11) is 0. The van der Waals surface area contributed by atoms with E-state index in [1.54, 1.807) is 0 Å². The lowest BCUT2D eigenvalue weighted by molar-refractivity contribution is -0.121. The van der Waals surface area contributed by atoms with Crippen molar-refractivity contribution in [2.75, 3.05) is 11.5 Å². The average Bonchev–Trinajstić information content (AvgIpc) is 3.11. The minimum absolute atomic E-state index is 0.155. The number of amides is 1. The first-order chi connectivity index (χ1) is 12.1. The molecule has 1 aliphatic carbocycles. The van der Waals surface area contributed by atoms with Gasteiger partial charge in [-0.1, -0.05) is 18.2 Å². The summed E-state index contributed by atoms with van der Waals surface area (Å²) in [5.41, 5.74) is 2.40. The second-order valence-electron chi connectivity index (χ2n) is 8.01. The third-order valence-corrected chi connectivity index (χ3v) is 6.38. The molecule has 1 saturated heterocycles. The molecule has 1 saturated carbocycles. The summed E-state index contributed by atoms with van der Waals surface area (Å²) in [5, 5.41) is 3.67. The van der Waals surface area contributed by atoms with E-state index in [-0.39, 0.29) is 18.0 Å². The Labute approximate surface area is 150 Å². The predicted molar refractivity (Wildman–Crippen MR) is 99.8 cm³/mol. The molecule has 2 aliphatic heterocycles. The summed E-state index contributed by atoms with van der Waals surface area (Å²) in [4.78, 5) is 15.3. The van der Waals surface area contributed by atoms with E-state index >= 15 is 0 Å². The first-order valence-corrected chi connectivity index (χ1v) is 9.94. The summed E-state index contributed by atoms with van der Waals surface area (Å²) >= 11 is 0. The molecule has 25 heavy (non-hydrogen) atoms. The van der Waals surface area contributed by atoms with E-state index in [1.807, 2.05) is 17.9 Å². The van der Waals surface area contributed by atoms with Crippen molar-refractivity contribution in [2.24, 2.45) is 5.92 Å². The van der Waals surface area contributed by atoms with Crippen molar-refractivity contribution >= 4 is 11.6 Å². The summed E-state index contributed by atoms with van der Waals surface area (Å²) in [6, 6.07) is 8.88. The first-order valence-electron chi connectivity index (χ1n) is 9.94. The molecule has 1 aromatic rings. The Morgan fingerprint density at radius 1 is 1.24 bits per heavy atom. The van der Waals surface area contributed by atoms with Crippen LogP contribution in [0.5, 0.6) is 0 Å². The van der Waals surface area contributed by atoms with Gasteiger partial charge in [0.1, 0.15) is 0 Å². The van der Waals surface area contributed by atoms with Crippen molar-refractivity contribution in [3.05, 3.63) is 29.8 Å². The van der Waals surface area contributed by atoms with Crippen LogP contribution in [0.25, 0.3) is 0 Å². The Balaban J connectivity index is 1.48. The molecule has 1 N–H and O–H groups in total. The van der Waals surface area contributed by atoms with Crippen LogP contribution in [0.4, 0.5) is 5.69 Å². The number of benzene rings is 1. The largest absolute Gasteiger partial charge is 0.378 e. The monoisotopic (exact) mass is 342 g/mol. The van der Waals surface area contributed by atoms with Crippen LogP contribution in [-0.4, -0.2) is 36.7 Å². The van der Waals surface area contributed by atoms with Crippen LogP contribution in [0.3, 0.4) is 0 Å². The van der Waals surface area contributed by atoms with Crippen LogP contribution < -0.4 is 10.2 Å². The highest BCUT2D eigenvalue weighted by Gasteiger charge is 2.39. The highest BCUT2D eigenvalue weighted by Crippen LogP contribution is 2.35. The van der Waals surface area contributed by atoms with Crippen LogP contribution in [0.2, 0.25) is 0 Å². The van der Waals surface area contributed by atoms with Gasteiger partial charge in [0.25, 0.3) is 0 Å². The Morgan fingerprint density at radius 2 is 2.08 bits per heavy atom. The van der Waals surface area contributed by atoms with Gasteiger partial charge in [-0.2, -0.15) is 0 Å². The van der Waals surface area contributed by atoms with Gasteiger partial charge >= 0.3 is 0 Å². The molecule has 4 heteroatoms. The van der Waals surface area contributed by atoms with Crippen molar-refractivity contribution in [2.45, 2.75) is 76.6 Å². The Kier molecular flexibility index (Phi) is 4.83. The van der Waals surface area contributed by atoms with Crippen molar-refractivity contribution < 1.29 is 9.53 Å². The molecule has 4 nitrogen and oxygen atoms in total. The number of ether oxygens (including phenoxy) is 1. The number of nitrogens with one attached hydrogen (secondary N) is 1. The smallest absolute Gasteiger partial charge is 0.244 e. The minimum Gasteiger partial charge on any atom is -0.378 e. The fourth-order valence-corrected chi connectivity index (χ4v) is 5.01. The zero-order chi connectivity index (χ0) is 17.4. The molecule has 5 atom stereocenters. The Bertz CT molecular complexity index is 632. The number of rotatable bonds is 3. The summed E-state index contributed by atoms with van der Waals surface area (Å²) in [6.45, 7) is 5.08. The number of nitrogens with zero attached hydrogens (tertiary/aromatic N) is 1. The summed E-state index contributed by atoms with van der Waals surface area (Å²) in [6.07, 6.45) is 7.18.